The number of carbonyl (C=O) groups is 2. The summed E-state index contributed by atoms with van der Waals surface area (Å²) in [4.78, 5) is 26.3. The average Bonchev–Trinajstić information content (AvgIpc) is 2.88. The molecule has 0 aromatic rings. The molecule has 106 valence electrons. The summed E-state index contributed by atoms with van der Waals surface area (Å²) in [5.74, 6) is 0.471. The van der Waals surface area contributed by atoms with Crippen LogP contribution in [-0.2, 0) is 9.59 Å². The van der Waals surface area contributed by atoms with Gasteiger partial charge in [-0.05, 0) is 38.5 Å². The predicted octanol–water partition coefficient (Wildman–Crippen LogP) is 1.84. The summed E-state index contributed by atoms with van der Waals surface area (Å²) in [6.07, 6.45) is 9.50. The summed E-state index contributed by atoms with van der Waals surface area (Å²) in [7, 11) is 0. The molecule has 4 heteroatoms. The van der Waals surface area contributed by atoms with Gasteiger partial charge in [-0.15, -0.1) is 0 Å². The Balaban J connectivity index is 1.57. The van der Waals surface area contributed by atoms with Crippen molar-refractivity contribution in [2.75, 3.05) is 6.54 Å². The Kier molecular flexibility index (Phi) is 3.76. The highest BCUT2D eigenvalue weighted by molar-refractivity contribution is 5.84. The normalized spacial score (nSPS) is 29.4. The van der Waals surface area contributed by atoms with Crippen molar-refractivity contribution in [2.24, 2.45) is 5.92 Å². The molecule has 19 heavy (non-hydrogen) atoms. The van der Waals surface area contributed by atoms with Gasteiger partial charge in [-0.3, -0.25) is 9.59 Å². The van der Waals surface area contributed by atoms with Crippen molar-refractivity contribution in [1.29, 1.82) is 0 Å². The van der Waals surface area contributed by atoms with Crippen molar-refractivity contribution >= 4 is 11.8 Å². The lowest BCUT2D eigenvalue weighted by atomic mass is 9.90. The molecule has 2 saturated carbocycles. The van der Waals surface area contributed by atoms with E-state index in [1.54, 1.807) is 0 Å². The van der Waals surface area contributed by atoms with Gasteiger partial charge in [-0.25, -0.2) is 0 Å². The Labute approximate surface area is 114 Å². The van der Waals surface area contributed by atoms with E-state index in [1.165, 1.54) is 19.3 Å². The van der Waals surface area contributed by atoms with Gasteiger partial charge in [0.15, 0.2) is 0 Å². The molecule has 1 heterocycles. The predicted molar refractivity (Wildman–Crippen MR) is 72.5 cm³/mol. The van der Waals surface area contributed by atoms with Crippen LogP contribution < -0.4 is 5.32 Å². The number of hydrogen-bond acceptors (Lipinski definition) is 2. The molecule has 0 radical (unpaired) electrons. The molecular weight excluding hydrogens is 240 g/mol. The van der Waals surface area contributed by atoms with Crippen LogP contribution in [0, 0.1) is 5.92 Å². The molecule has 1 atom stereocenters. The molecule has 3 rings (SSSR count). The molecular formula is C15H24N2O2. The highest BCUT2D eigenvalue weighted by Gasteiger charge is 2.35. The number of hydrogen-bond donors (Lipinski definition) is 1. The second-order valence-corrected chi connectivity index (χ2v) is 6.36. The molecule has 3 aliphatic rings. The van der Waals surface area contributed by atoms with Crippen molar-refractivity contribution < 1.29 is 9.59 Å². The van der Waals surface area contributed by atoms with Gasteiger partial charge < -0.3 is 10.2 Å². The first-order valence-corrected chi connectivity index (χ1v) is 7.84. The number of nitrogens with zero attached hydrogens (tertiary/aromatic N) is 1. The third kappa shape index (κ3) is 2.77. The average molecular weight is 264 g/mol. The molecule has 1 N–H and O–H groups in total. The minimum absolute atomic E-state index is 0.0268. The molecule has 1 saturated heterocycles. The van der Waals surface area contributed by atoms with Crippen LogP contribution in [0.4, 0.5) is 0 Å². The lowest BCUT2D eigenvalue weighted by Gasteiger charge is -2.37. The van der Waals surface area contributed by atoms with Crippen molar-refractivity contribution in [2.45, 2.75) is 69.9 Å². The Morgan fingerprint density at radius 3 is 2.42 bits per heavy atom. The van der Waals surface area contributed by atoms with Crippen LogP contribution in [0.25, 0.3) is 0 Å². The zero-order valence-corrected chi connectivity index (χ0v) is 11.6. The summed E-state index contributed by atoms with van der Waals surface area (Å²) in [5.41, 5.74) is 0. The van der Waals surface area contributed by atoms with Crippen LogP contribution in [0.5, 0.6) is 0 Å². The lowest BCUT2D eigenvalue weighted by molar-refractivity contribution is -0.140. The van der Waals surface area contributed by atoms with Crippen LogP contribution in [-0.4, -0.2) is 35.3 Å². The van der Waals surface area contributed by atoms with Gasteiger partial charge in [-0.1, -0.05) is 12.8 Å². The van der Waals surface area contributed by atoms with E-state index < -0.39 is 0 Å². The van der Waals surface area contributed by atoms with Crippen LogP contribution in [0.15, 0.2) is 0 Å². The van der Waals surface area contributed by atoms with Crippen molar-refractivity contribution in [3.8, 4) is 0 Å². The van der Waals surface area contributed by atoms with Crippen molar-refractivity contribution in [3.05, 3.63) is 0 Å². The van der Waals surface area contributed by atoms with Crippen molar-refractivity contribution in [3.63, 3.8) is 0 Å². The molecule has 4 nitrogen and oxygen atoms in total. The topological polar surface area (TPSA) is 49.4 Å². The Morgan fingerprint density at radius 2 is 1.79 bits per heavy atom. The van der Waals surface area contributed by atoms with Gasteiger partial charge in [0.05, 0.1) is 5.92 Å². The third-order valence-corrected chi connectivity index (χ3v) is 5.03. The maximum absolute atomic E-state index is 12.2. The maximum atomic E-state index is 12.2. The second kappa shape index (κ2) is 5.51. The van der Waals surface area contributed by atoms with Crippen molar-refractivity contribution in [1.82, 2.24) is 10.2 Å². The molecule has 2 aliphatic carbocycles. The molecule has 3 fully saturated rings. The SMILES string of the molecule is O=C(NC1CCC1)C1CCC(=O)N(C2CCCC2)C1. The zero-order chi connectivity index (χ0) is 13.2. The zero-order valence-electron chi connectivity index (χ0n) is 11.6. The van der Waals surface area contributed by atoms with E-state index in [0.717, 1.165) is 32.1 Å². The quantitative estimate of drug-likeness (QED) is 0.845. The summed E-state index contributed by atoms with van der Waals surface area (Å²) in [5, 5.41) is 3.14. The summed E-state index contributed by atoms with van der Waals surface area (Å²) >= 11 is 0. The highest BCUT2D eigenvalue weighted by Crippen LogP contribution is 2.29. The number of piperidine rings is 1. The third-order valence-electron chi connectivity index (χ3n) is 5.03. The first-order valence-electron chi connectivity index (χ1n) is 7.84. The second-order valence-electron chi connectivity index (χ2n) is 6.36. The van der Waals surface area contributed by atoms with Gasteiger partial charge in [0.1, 0.15) is 0 Å². The minimum atomic E-state index is 0.0268. The molecule has 1 unspecified atom stereocenters. The van der Waals surface area contributed by atoms with Gasteiger partial charge in [0, 0.05) is 25.0 Å². The van der Waals surface area contributed by atoms with E-state index in [-0.39, 0.29) is 17.7 Å². The fourth-order valence-corrected chi connectivity index (χ4v) is 3.53. The molecule has 0 spiro atoms. The lowest BCUT2D eigenvalue weighted by Crippen LogP contribution is -2.51. The molecule has 0 bridgehead atoms. The summed E-state index contributed by atoms with van der Waals surface area (Å²) in [6.45, 7) is 0.655. The number of likely N-dealkylation sites (tertiary alicyclic amines) is 1. The van der Waals surface area contributed by atoms with Gasteiger partial charge in [0.2, 0.25) is 11.8 Å². The molecule has 2 amide bonds. The van der Waals surface area contributed by atoms with E-state index in [4.69, 9.17) is 0 Å². The smallest absolute Gasteiger partial charge is 0.225 e. The van der Waals surface area contributed by atoms with E-state index in [2.05, 4.69) is 5.32 Å². The van der Waals surface area contributed by atoms with Crippen LogP contribution >= 0.6 is 0 Å². The first kappa shape index (κ1) is 12.9. The van der Waals surface area contributed by atoms with Crippen LogP contribution in [0.1, 0.15) is 57.8 Å². The number of nitrogens with one attached hydrogen (secondary N) is 1. The first-order chi connectivity index (χ1) is 9.24. The molecule has 1 aliphatic heterocycles. The summed E-state index contributed by atoms with van der Waals surface area (Å²) < 4.78 is 0. The van der Waals surface area contributed by atoms with Crippen LogP contribution in [0.3, 0.4) is 0 Å². The Hall–Kier alpha value is -1.06. The summed E-state index contributed by atoms with van der Waals surface area (Å²) in [6, 6.07) is 0.817. The van der Waals surface area contributed by atoms with E-state index >= 15 is 0 Å². The van der Waals surface area contributed by atoms with Gasteiger partial charge >= 0.3 is 0 Å². The van der Waals surface area contributed by atoms with E-state index in [1.807, 2.05) is 4.90 Å². The number of carbonyl (C=O) groups excluding carboxylic acids is 2. The van der Waals surface area contributed by atoms with Crippen LogP contribution in [0.2, 0.25) is 0 Å². The van der Waals surface area contributed by atoms with Gasteiger partial charge in [-0.2, -0.15) is 0 Å². The molecule has 0 aromatic heterocycles. The largest absolute Gasteiger partial charge is 0.353 e. The fourth-order valence-electron chi connectivity index (χ4n) is 3.53. The van der Waals surface area contributed by atoms with E-state index in [9.17, 15) is 9.59 Å². The minimum Gasteiger partial charge on any atom is -0.353 e. The Morgan fingerprint density at radius 1 is 1.05 bits per heavy atom. The highest BCUT2D eigenvalue weighted by atomic mass is 16.2. The maximum Gasteiger partial charge on any atom is 0.225 e. The van der Waals surface area contributed by atoms with E-state index in [0.29, 0.717) is 25.0 Å². The number of amides is 2. The fraction of sp³-hybridized carbons (Fsp3) is 0.867. The monoisotopic (exact) mass is 264 g/mol. The van der Waals surface area contributed by atoms with Gasteiger partial charge in [0.25, 0.3) is 0 Å². The molecule has 0 aromatic carbocycles. The Bertz CT molecular complexity index is 359. The standard InChI is InChI=1S/C15H24N2O2/c18-14-9-8-11(15(19)16-12-4-3-5-12)10-17(14)13-6-1-2-7-13/h11-13H,1-10H2,(H,16,19). The number of rotatable bonds is 3.